The van der Waals surface area contributed by atoms with Crippen LogP contribution in [0.15, 0.2) is 29.4 Å². The van der Waals surface area contributed by atoms with Crippen LogP contribution in [0.25, 0.3) is 10.1 Å². The molecule has 0 fully saturated rings. The molecule has 26 heavy (non-hydrogen) atoms. The molecule has 0 radical (unpaired) electrons. The second-order valence-corrected chi connectivity index (χ2v) is 7.57. The Morgan fingerprint density at radius 3 is 2.54 bits per heavy atom. The van der Waals surface area contributed by atoms with E-state index in [9.17, 15) is 4.79 Å². The second-order valence-electron chi connectivity index (χ2n) is 6.77. The highest BCUT2D eigenvalue weighted by molar-refractivity contribution is 7.13. The molecular formula is C21H31N3OS. The lowest BCUT2D eigenvalue weighted by atomic mass is 10.1. The van der Waals surface area contributed by atoms with Crippen molar-refractivity contribution in [3.05, 3.63) is 30.0 Å². The number of benzene rings is 1. The van der Waals surface area contributed by atoms with Gasteiger partial charge in [-0.05, 0) is 30.4 Å². The molecule has 1 amide bonds. The SMILES string of the molecule is CCCCCCCCCCC/C=N/NC(=O)Cc1nsc2ccccc12. The maximum absolute atomic E-state index is 12.0. The van der Waals surface area contributed by atoms with Crippen LogP contribution in [0.4, 0.5) is 0 Å². The van der Waals surface area contributed by atoms with Crippen LogP contribution in [0.5, 0.6) is 0 Å². The lowest BCUT2D eigenvalue weighted by Gasteiger charge is -2.01. The van der Waals surface area contributed by atoms with Crippen LogP contribution in [0, 0.1) is 0 Å². The number of hydrogen-bond acceptors (Lipinski definition) is 4. The van der Waals surface area contributed by atoms with E-state index in [-0.39, 0.29) is 12.3 Å². The molecule has 2 rings (SSSR count). The van der Waals surface area contributed by atoms with Gasteiger partial charge in [-0.25, -0.2) is 5.43 Å². The van der Waals surface area contributed by atoms with Crippen molar-refractivity contribution in [3.8, 4) is 0 Å². The van der Waals surface area contributed by atoms with Crippen LogP contribution < -0.4 is 5.43 Å². The zero-order valence-electron chi connectivity index (χ0n) is 15.9. The number of carbonyl (C=O) groups is 1. The van der Waals surface area contributed by atoms with E-state index in [0.717, 1.165) is 28.6 Å². The minimum absolute atomic E-state index is 0.107. The standard InChI is InChI=1S/C21H31N3OS/c1-2-3-4-5-6-7-8-9-10-13-16-22-23-21(25)17-19-18-14-11-12-15-20(18)26-24-19/h11-12,14-16H,2-10,13,17H2,1H3,(H,23,25)/b22-16+. The number of rotatable bonds is 13. The van der Waals surface area contributed by atoms with Gasteiger partial charge in [0, 0.05) is 11.6 Å². The molecule has 0 spiro atoms. The summed E-state index contributed by atoms with van der Waals surface area (Å²) < 4.78 is 5.49. The molecule has 0 aliphatic rings. The van der Waals surface area contributed by atoms with E-state index in [4.69, 9.17) is 0 Å². The molecule has 2 aromatic rings. The van der Waals surface area contributed by atoms with Crippen molar-refractivity contribution in [2.24, 2.45) is 5.10 Å². The first-order valence-corrected chi connectivity index (χ1v) is 10.7. The zero-order valence-corrected chi connectivity index (χ0v) is 16.7. The number of hydrazone groups is 1. The Kier molecular flexibility index (Phi) is 9.95. The van der Waals surface area contributed by atoms with E-state index >= 15 is 0 Å². The van der Waals surface area contributed by atoms with Gasteiger partial charge >= 0.3 is 0 Å². The van der Waals surface area contributed by atoms with E-state index in [2.05, 4.69) is 21.8 Å². The minimum Gasteiger partial charge on any atom is -0.273 e. The normalized spacial score (nSPS) is 11.4. The summed E-state index contributed by atoms with van der Waals surface area (Å²) in [6.45, 7) is 2.25. The highest BCUT2D eigenvalue weighted by atomic mass is 32.1. The van der Waals surface area contributed by atoms with E-state index < -0.39 is 0 Å². The maximum Gasteiger partial charge on any atom is 0.246 e. The van der Waals surface area contributed by atoms with Crippen LogP contribution >= 0.6 is 11.5 Å². The van der Waals surface area contributed by atoms with Gasteiger partial charge in [-0.15, -0.1) is 0 Å². The summed E-state index contributed by atoms with van der Waals surface area (Å²) in [6.07, 6.45) is 14.9. The number of fused-ring (bicyclic) bond motifs is 1. The Balaban J connectivity index is 1.51. The Morgan fingerprint density at radius 2 is 1.77 bits per heavy atom. The van der Waals surface area contributed by atoms with Crippen LogP contribution in [0.1, 0.15) is 76.8 Å². The predicted molar refractivity (Wildman–Crippen MR) is 112 cm³/mol. The summed E-state index contributed by atoms with van der Waals surface area (Å²) in [4.78, 5) is 12.0. The lowest BCUT2D eigenvalue weighted by molar-refractivity contribution is -0.120. The van der Waals surface area contributed by atoms with Gasteiger partial charge in [0.2, 0.25) is 5.91 Å². The first kappa shape index (κ1) is 20.6. The van der Waals surface area contributed by atoms with Gasteiger partial charge in [0.1, 0.15) is 0 Å². The Labute approximate surface area is 161 Å². The van der Waals surface area contributed by atoms with E-state index in [1.54, 1.807) is 0 Å². The van der Waals surface area contributed by atoms with Gasteiger partial charge < -0.3 is 0 Å². The van der Waals surface area contributed by atoms with Crippen molar-refractivity contribution in [1.29, 1.82) is 0 Å². The third kappa shape index (κ3) is 7.65. The number of amides is 1. The maximum atomic E-state index is 12.0. The van der Waals surface area contributed by atoms with Crippen molar-refractivity contribution >= 4 is 33.7 Å². The molecule has 0 bridgehead atoms. The molecule has 0 saturated carbocycles. The topological polar surface area (TPSA) is 54.4 Å². The largest absolute Gasteiger partial charge is 0.273 e. The van der Waals surface area contributed by atoms with Crippen molar-refractivity contribution < 1.29 is 4.79 Å². The fourth-order valence-electron chi connectivity index (χ4n) is 2.99. The van der Waals surface area contributed by atoms with Crippen LogP contribution in [-0.4, -0.2) is 16.5 Å². The third-order valence-corrected chi connectivity index (χ3v) is 5.36. The molecule has 0 aliphatic heterocycles. The number of nitrogens with zero attached hydrogens (tertiary/aromatic N) is 2. The molecule has 0 atom stereocenters. The van der Waals surface area contributed by atoms with Crippen LogP contribution in [0.3, 0.4) is 0 Å². The van der Waals surface area contributed by atoms with Gasteiger partial charge in [-0.3, -0.25) is 4.79 Å². The highest BCUT2D eigenvalue weighted by Crippen LogP contribution is 2.22. The molecule has 0 aliphatic carbocycles. The summed E-state index contributed by atoms with van der Waals surface area (Å²) >= 11 is 1.43. The van der Waals surface area contributed by atoms with Gasteiger partial charge in [0.15, 0.2) is 0 Å². The van der Waals surface area contributed by atoms with Crippen molar-refractivity contribution in [2.45, 2.75) is 77.6 Å². The van der Waals surface area contributed by atoms with Gasteiger partial charge in [0.05, 0.1) is 16.8 Å². The molecule has 1 aromatic carbocycles. The zero-order chi connectivity index (χ0) is 18.5. The third-order valence-electron chi connectivity index (χ3n) is 4.50. The molecule has 0 unspecified atom stereocenters. The summed E-state index contributed by atoms with van der Waals surface area (Å²) in [5.74, 6) is -0.107. The average molecular weight is 374 g/mol. The molecule has 142 valence electrons. The lowest BCUT2D eigenvalue weighted by Crippen LogP contribution is -2.19. The fourth-order valence-corrected chi connectivity index (χ4v) is 3.78. The molecule has 5 heteroatoms. The van der Waals surface area contributed by atoms with E-state index in [0.29, 0.717) is 0 Å². The van der Waals surface area contributed by atoms with Gasteiger partial charge in [-0.2, -0.15) is 9.47 Å². The van der Waals surface area contributed by atoms with Crippen molar-refractivity contribution in [3.63, 3.8) is 0 Å². The van der Waals surface area contributed by atoms with E-state index in [1.165, 1.54) is 62.9 Å². The second kappa shape index (κ2) is 12.6. The van der Waals surface area contributed by atoms with Gasteiger partial charge in [0.25, 0.3) is 0 Å². The summed E-state index contributed by atoms with van der Waals surface area (Å²) in [6, 6.07) is 7.99. The predicted octanol–water partition coefficient (Wildman–Crippen LogP) is 5.86. The molecule has 1 heterocycles. The van der Waals surface area contributed by atoms with Crippen LogP contribution in [0.2, 0.25) is 0 Å². The van der Waals surface area contributed by atoms with Gasteiger partial charge in [-0.1, -0.05) is 76.5 Å². The van der Waals surface area contributed by atoms with Crippen LogP contribution in [-0.2, 0) is 11.2 Å². The van der Waals surface area contributed by atoms with Crippen molar-refractivity contribution in [1.82, 2.24) is 9.80 Å². The molecule has 1 aromatic heterocycles. The quantitative estimate of drug-likeness (QED) is 0.271. The Morgan fingerprint density at radius 1 is 1.08 bits per heavy atom. The smallest absolute Gasteiger partial charge is 0.246 e. The summed E-state index contributed by atoms with van der Waals surface area (Å²) in [5.41, 5.74) is 3.44. The monoisotopic (exact) mass is 373 g/mol. The number of nitrogens with one attached hydrogen (secondary N) is 1. The number of aromatic nitrogens is 1. The van der Waals surface area contributed by atoms with E-state index in [1.807, 2.05) is 30.5 Å². The Bertz CT molecular complexity index is 681. The summed E-state index contributed by atoms with van der Waals surface area (Å²) in [5, 5.41) is 5.11. The minimum atomic E-state index is -0.107. The first-order valence-electron chi connectivity index (χ1n) is 9.95. The number of hydrogen-bond donors (Lipinski definition) is 1. The fraction of sp³-hybridized carbons (Fsp3) is 0.571. The van der Waals surface area contributed by atoms with Crippen molar-refractivity contribution in [2.75, 3.05) is 0 Å². The molecule has 1 N–H and O–H groups in total. The molecule has 0 saturated heterocycles. The first-order chi connectivity index (χ1) is 12.8. The highest BCUT2D eigenvalue weighted by Gasteiger charge is 2.09. The average Bonchev–Trinajstić information content (AvgIpc) is 3.05. The summed E-state index contributed by atoms with van der Waals surface area (Å²) in [7, 11) is 0. The number of carbonyl (C=O) groups excluding carboxylic acids is 1. The molecular weight excluding hydrogens is 342 g/mol. The number of unbranched alkanes of at least 4 members (excludes halogenated alkanes) is 9. The Hall–Kier alpha value is -1.75. The molecule has 4 nitrogen and oxygen atoms in total.